The predicted molar refractivity (Wildman–Crippen MR) is 67.9 cm³/mol. The molecular formula is C13H22O2S. The molecule has 0 radical (unpaired) electrons. The smallest absolute Gasteiger partial charge is 0.136 e. The van der Waals surface area contributed by atoms with Gasteiger partial charge in [-0.3, -0.25) is 4.79 Å². The molecular weight excluding hydrogens is 220 g/mol. The zero-order valence-electron chi connectivity index (χ0n) is 10.1. The third-order valence-corrected chi connectivity index (χ3v) is 5.39. The number of ether oxygens (including phenoxy) is 1. The largest absolute Gasteiger partial charge is 0.385 e. The van der Waals surface area contributed by atoms with Gasteiger partial charge < -0.3 is 4.74 Å². The Hall–Kier alpha value is -0.0200. The standard InChI is InChI=1S/C13H22O2S/c1-15-7-3-6-13(14)10-8-11-4-2-5-12(9-10)16-11/h10-12H,2-9H2,1H3. The van der Waals surface area contributed by atoms with E-state index in [1.54, 1.807) is 7.11 Å². The molecule has 16 heavy (non-hydrogen) atoms. The maximum absolute atomic E-state index is 12.0. The summed E-state index contributed by atoms with van der Waals surface area (Å²) in [6.45, 7) is 0.722. The minimum Gasteiger partial charge on any atom is -0.385 e. The average Bonchev–Trinajstić information content (AvgIpc) is 2.28. The molecule has 0 aromatic carbocycles. The van der Waals surface area contributed by atoms with E-state index in [0.29, 0.717) is 11.7 Å². The molecule has 2 atom stereocenters. The zero-order valence-corrected chi connectivity index (χ0v) is 10.9. The maximum Gasteiger partial charge on any atom is 0.136 e. The summed E-state index contributed by atoms with van der Waals surface area (Å²) in [6, 6.07) is 0. The monoisotopic (exact) mass is 242 g/mol. The van der Waals surface area contributed by atoms with Crippen LogP contribution in [0.25, 0.3) is 0 Å². The van der Waals surface area contributed by atoms with Gasteiger partial charge in [0.25, 0.3) is 0 Å². The van der Waals surface area contributed by atoms with Crippen molar-refractivity contribution < 1.29 is 9.53 Å². The lowest BCUT2D eigenvalue weighted by molar-refractivity contribution is -0.123. The SMILES string of the molecule is COCCCC(=O)C1CC2CCCC(C1)S2. The molecule has 0 aromatic rings. The predicted octanol–water partition coefficient (Wildman–Crippen LogP) is 3.05. The Kier molecular flexibility index (Phi) is 4.71. The number of methoxy groups -OCH3 is 1. The van der Waals surface area contributed by atoms with Crippen molar-refractivity contribution in [2.75, 3.05) is 13.7 Å². The van der Waals surface area contributed by atoms with Crippen molar-refractivity contribution in [2.24, 2.45) is 5.92 Å². The number of carbonyl (C=O) groups is 1. The molecule has 0 amide bonds. The number of carbonyl (C=O) groups excluding carboxylic acids is 1. The molecule has 2 nitrogen and oxygen atoms in total. The molecule has 2 rings (SSSR count). The van der Waals surface area contributed by atoms with Crippen molar-refractivity contribution in [3.8, 4) is 0 Å². The van der Waals surface area contributed by atoms with Crippen LogP contribution >= 0.6 is 11.8 Å². The van der Waals surface area contributed by atoms with Gasteiger partial charge in [-0.2, -0.15) is 11.8 Å². The summed E-state index contributed by atoms with van der Waals surface area (Å²) < 4.78 is 5.00. The normalized spacial score (nSPS) is 33.7. The Labute approximate surface area is 103 Å². The summed E-state index contributed by atoms with van der Waals surface area (Å²) in [6.07, 6.45) is 7.97. The van der Waals surface area contributed by atoms with Gasteiger partial charge in [0.1, 0.15) is 5.78 Å². The second-order valence-electron chi connectivity index (χ2n) is 5.04. The lowest BCUT2D eigenvalue weighted by Crippen LogP contribution is -2.32. The second kappa shape index (κ2) is 6.06. The highest BCUT2D eigenvalue weighted by Crippen LogP contribution is 2.44. The highest BCUT2D eigenvalue weighted by molar-refractivity contribution is 8.00. The van der Waals surface area contributed by atoms with Crippen molar-refractivity contribution in [3.63, 3.8) is 0 Å². The van der Waals surface area contributed by atoms with Crippen LogP contribution < -0.4 is 0 Å². The third kappa shape index (κ3) is 3.24. The number of hydrogen-bond donors (Lipinski definition) is 0. The molecule has 0 aliphatic carbocycles. The van der Waals surface area contributed by atoms with Crippen LogP contribution in [0.2, 0.25) is 0 Å². The summed E-state index contributed by atoms with van der Waals surface area (Å²) in [5.41, 5.74) is 0. The number of fused-ring (bicyclic) bond motifs is 2. The lowest BCUT2D eigenvalue weighted by Gasteiger charge is -2.38. The van der Waals surface area contributed by atoms with E-state index in [9.17, 15) is 4.79 Å². The quantitative estimate of drug-likeness (QED) is 0.693. The number of rotatable bonds is 5. The van der Waals surface area contributed by atoms with Crippen LogP contribution in [0.3, 0.4) is 0 Å². The average molecular weight is 242 g/mol. The van der Waals surface area contributed by atoms with Crippen molar-refractivity contribution in [2.45, 2.75) is 55.4 Å². The van der Waals surface area contributed by atoms with Gasteiger partial charge >= 0.3 is 0 Å². The number of Topliss-reactive ketones (excluding diaryl/α,β-unsaturated/α-hetero) is 1. The Balaban J connectivity index is 1.78. The highest BCUT2D eigenvalue weighted by Gasteiger charge is 2.34. The first-order valence-electron chi connectivity index (χ1n) is 6.46. The minimum absolute atomic E-state index is 0.369. The van der Waals surface area contributed by atoms with Gasteiger partial charge in [0.05, 0.1) is 0 Å². The van der Waals surface area contributed by atoms with E-state index in [0.717, 1.165) is 42.8 Å². The Bertz CT molecular complexity index is 230. The van der Waals surface area contributed by atoms with Gasteiger partial charge in [-0.1, -0.05) is 6.42 Å². The van der Waals surface area contributed by atoms with Crippen molar-refractivity contribution >= 4 is 17.5 Å². The molecule has 2 aliphatic rings. The number of hydrogen-bond acceptors (Lipinski definition) is 3. The van der Waals surface area contributed by atoms with Crippen molar-refractivity contribution in [3.05, 3.63) is 0 Å². The van der Waals surface area contributed by atoms with Gasteiger partial charge in [0.15, 0.2) is 0 Å². The van der Waals surface area contributed by atoms with E-state index >= 15 is 0 Å². The molecule has 2 fully saturated rings. The highest BCUT2D eigenvalue weighted by atomic mass is 32.2. The fourth-order valence-corrected chi connectivity index (χ4v) is 4.75. The van der Waals surface area contributed by atoms with Crippen molar-refractivity contribution in [1.29, 1.82) is 0 Å². The third-order valence-electron chi connectivity index (χ3n) is 3.76. The van der Waals surface area contributed by atoms with E-state index in [4.69, 9.17) is 4.74 Å². The topological polar surface area (TPSA) is 26.3 Å². The van der Waals surface area contributed by atoms with Crippen LogP contribution in [0, 0.1) is 5.92 Å². The molecule has 92 valence electrons. The van der Waals surface area contributed by atoms with Crippen LogP contribution in [0.15, 0.2) is 0 Å². The molecule has 2 saturated heterocycles. The molecule has 0 aromatic heterocycles. The van der Waals surface area contributed by atoms with E-state index in [2.05, 4.69) is 11.8 Å². The minimum atomic E-state index is 0.369. The molecule has 2 bridgehead atoms. The molecule has 0 spiro atoms. The van der Waals surface area contributed by atoms with Crippen LogP contribution in [-0.2, 0) is 9.53 Å². The fourth-order valence-electron chi connectivity index (χ4n) is 2.92. The zero-order chi connectivity index (χ0) is 11.4. The molecule has 0 N–H and O–H groups in total. The van der Waals surface area contributed by atoms with Crippen LogP contribution in [0.4, 0.5) is 0 Å². The van der Waals surface area contributed by atoms with E-state index < -0.39 is 0 Å². The molecule has 3 heteroatoms. The Morgan fingerprint density at radius 1 is 1.31 bits per heavy atom. The summed E-state index contributed by atoms with van der Waals surface area (Å²) in [5.74, 6) is 0.864. The van der Waals surface area contributed by atoms with Gasteiger partial charge in [-0.25, -0.2) is 0 Å². The van der Waals surface area contributed by atoms with E-state index in [-0.39, 0.29) is 0 Å². The molecule has 0 saturated carbocycles. The van der Waals surface area contributed by atoms with Crippen LogP contribution in [0.1, 0.15) is 44.9 Å². The summed E-state index contributed by atoms with van der Waals surface area (Å²) in [5, 5.41) is 1.56. The van der Waals surface area contributed by atoms with Gasteiger partial charge in [-0.05, 0) is 32.1 Å². The first-order chi connectivity index (χ1) is 7.79. The summed E-state index contributed by atoms with van der Waals surface area (Å²) in [7, 11) is 1.70. The number of ketones is 1. The first kappa shape index (κ1) is 12.4. The van der Waals surface area contributed by atoms with Gasteiger partial charge in [0, 0.05) is 36.6 Å². The first-order valence-corrected chi connectivity index (χ1v) is 7.41. The Morgan fingerprint density at radius 2 is 2.00 bits per heavy atom. The second-order valence-corrected chi connectivity index (χ2v) is 6.65. The molecule has 2 unspecified atom stereocenters. The maximum atomic E-state index is 12.0. The van der Waals surface area contributed by atoms with E-state index in [1.165, 1.54) is 19.3 Å². The van der Waals surface area contributed by atoms with Crippen molar-refractivity contribution in [1.82, 2.24) is 0 Å². The van der Waals surface area contributed by atoms with Gasteiger partial charge in [-0.15, -0.1) is 0 Å². The van der Waals surface area contributed by atoms with Gasteiger partial charge in [0.2, 0.25) is 0 Å². The van der Waals surface area contributed by atoms with Crippen LogP contribution in [0.5, 0.6) is 0 Å². The molecule has 2 heterocycles. The lowest BCUT2D eigenvalue weighted by atomic mass is 9.85. The van der Waals surface area contributed by atoms with E-state index in [1.807, 2.05) is 0 Å². The van der Waals surface area contributed by atoms with Crippen LogP contribution in [-0.4, -0.2) is 30.0 Å². The molecule has 2 aliphatic heterocycles. The summed E-state index contributed by atoms with van der Waals surface area (Å²) >= 11 is 2.15. The Morgan fingerprint density at radius 3 is 2.62 bits per heavy atom. The summed E-state index contributed by atoms with van der Waals surface area (Å²) in [4.78, 5) is 12.0. The fraction of sp³-hybridized carbons (Fsp3) is 0.923. The number of thioether (sulfide) groups is 1.